The van der Waals surface area contributed by atoms with Gasteiger partial charge in [-0.2, -0.15) is 5.10 Å². The standard InChI is InChI=1S/C18H26N4O/c1-14-16(12-21(2)20-14)11-19-18-6-4-3-5-15(18)13-22-9-7-17(23)8-10-22/h3-6,12,17,19,23H,7-11,13H2,1-2H3. The van der Waals surface area contributed by atoms with Crippen LogP contribution < -0.4 is 5.32 Å². The Morgan fingerprint density at radius 2 is 1.96 bits per heavy atom. The van der Waals surface area contributed by atoms with Gasteiger partial charge in [-0.3, -0.25) is 9.58 Å². The highest BCUT2D eigenvalue weighted by Crippen LogP contribution is 2.21. The van der Waals surface area contributed by atoms with Crippen molar-refractivity contribution in [2.75, 3.05) is 18.4 Å². The molecular formula is C18H26N4O. The molecule has 3 rings (SSSR count). The third kappa shape index (κ3) is 4.12. The normalized spacial score (nSPS) is 16.7. The van der Waals surface area contributed by atoms with E-state index in [1.807, 2.05) is 18.7 Å². The molecular weight excluding hydrogens is 288 g/mol. The molecule has 0 saturated carbocycles. The molecule has 2 N–H and O–H groups in total. The summed E-state index contributed by atoms with van der Waals surface area (Å²) in [6, 6.07) is 8.49. The number of aliphatic hydroxyl groups excluding tert-OH is 1. The molecule has 0 amide bonds. The van der Waals surface area contributed by atoms with E-state index in [-0.39, 0.29) is 6.10 Å². The molecule has 1 aliphatic rings. The topological polar surface area (TPSA) is 53.3 Å². The molecule has 124 valence electrons. The minimum Gasteiger partial charge on any atom is -0.393 e. The predicted octanol–water partition coefficient (Wildman–Crippen LogP) is 2.30. The van der Waals surface area contributed by atoms with Gasteiger partial charge in [0.1, 0.15) is 0 Å². The van der Waals surface area contributed by atoms with Crippen LogP contribution in [-0.2, 0) is 20.1 Å². The molecule has 0 aliphatic carbocycles. The average Bonchev–Trinajstić information content (AvgIpc) is 2.86. The Kier molecular flexibility index (Phi) is 4.98. The fourth-order valence-electron chi connectivity index (χ4n) is 3.16. The summed E-state index contributed by atoms with van der Waals surface area (Å²) in [5.41, 5.74) is 4.79. The molecule has 1 saturated heterocycles. The minimum atomic E-state index is -0.117. The molecule has 0 unspecified atom stereocenters. The second-order valence-electron chi connectivity index (χ2n) is 6.43. The number of rotatable bonds is 5. The number of piperidine rings is 1. The molecule has 1 aromatic carbocycles. The summed E-state index contributed by atoms with van der Waals surface area (Å²) in [6.07, 6.45) is 3.71. The van der Waals surface area contributed by atoms with Crippen molar-refractivity contribution in [3.8, 4) is 0 Å². The zero-order valence-corrected chi connectivity index (χ0v) is 14.0. The van der Waals surface area contributed by atoms with Crippen LogP contribution in [0.25, 0.3) is 0 Å². The summed E-state index contributed by atoms with van der Waals surface area (Å²) >= 11 is 0. The van der Waals surface area contributed by atoms with E-state index in [9.17, 15) is 5.11 Å². The first kappa shape index (κ1) is 16.0. The third-order valence-corrected chi connectivity index (χ3v) is 4.55. The smallest absolute Gasteiger partial charge is 0.0643 e. The van der Waals surface area contributed by atoms with E-state index in [1.165, 1.54) is 16.8 Å². The molecule has 5 nitrogen and oxygen atoms in total. The quantitative estimate of drug-likeness (QED) is 0.889. The molecule has 0 atom stereocenters. The molecule has 1 aliphatic heterocycles. The van der Waals surface area contributed by atoms with Gasteiger partial charge in [0.15, 0.2) is 0 Å². The molecule has 23 heavy (non-hydrogen) atoms. The van der Waals surface area contributed by atoms with Crippen molar-refractivity contribution in [2.45, 2.75) is 39.0 Å². The van der Waals surface area contributed by atoms with E-state index in [0.717, 1.165) is 44.7 Å². The molecule has 2 heterocycles. The van der Waals surface area contributed by atoms with Crippen molar-refractivity contribution >= 4 is 5.69 Å². The van der Waals surface area contributed by atoms with Crippen molar-refractivity contribution in [2.24, 2.45) is 7.05 Å². The monoisotopic (exact) mass is 314 g/mol. The second-order valence-corrected chi connectivity index (χ2v) is 6.43. The molecule has 0 radical (unpaired) electrons. The van der Waals surface area contributed by atoms with Gasteiger partial charge in [0, 0.05) is 50.7 Å². The van der Waals surface area contributed by atoms with Crippen LogP contribution in [0.1, 0.15) is 29.7 Å². The zero-order valence-electron chi connectivity index (χ0n) is 14.0. The maximum Gasteiger partial charge on any atom is 0.0643 e. The third-order valence-electron chi connectivity index (χ3n) is 4.55. The van der Waals surface area contributed by atoms with Crippen molar-refractivity contribution < 1.29 is 5.11 Å². The van der Waals surface area contributed by atoms with E-state index in [4.69, 9.17) is 0 Å². The highest BCUT2D eigenvalue weighted by molar-refractivity contribution is 5.51. The van der Waals surface area contributed by atoms with E-state index in [2.05, 4.69) is 45.8 Å². The second kappa shape index (κ2) is 7.15. The number of hydrogen-bond acceptors (Lipinski definition) is 4. The van der Waals surface area contributed by atoms with Crippen LogP contribution in [0.4, 0.5) is 5.69 Å². The number of anilines is 1. The number of para-hydroxylation sites is 1. The lowest BCUT2D eigenvalue weighted by Crippen LogP contribution is -2.35. The first-order chi connectivity index (χ1) is 11.1. The Morgan fingerprint density at radius 1 is 1.22 bits per heavy atom. The molecule has 0 spiro atoms. The first-order valence-electron chi connectivity index (χ1n) is 8.33. The summed E-state index contributed by atoms with van der Waals surface area (Å²) < 4.78 is 1.86. The number of aromatic nitrogens is 2. The fourth-order valence-corrected chi connectivity index (χ4v) is 3.16. The summed E-state index contributed by atoms with van der Waals surface area (Å²) in [6.45, 7) is 5.70. The maximum absolute atomic E-state index is 9.64. The highest BCUT2D eigenvalue weighted by Gasteiger charge is 2.17. The lowest BCUT2D eigenvalue weighted by molar-refractivity contribution is 0.0793. The highest BCUT2D eigenvalue weighted by atomic mass is 16.3. The SMILES string of the molecule is Cc1nn(C)cc1CNc1ccccc1CN1CCC(O)CC1. The Labute approximate surface area is 137 Å². The van der Waals surface area contributed by atoms with Gasteiger partial charge >= 0.3 is 0 Å². The van der Waals surface area contributed by atoms with Crippen molar-refractivity contribution in [3.63, 3.8) is 0 Å². The van der Waals surface area contributed by atoms with Gasteiger partial charge in [-0.25, -0.2) is 0 Å². The van der Waals surface area contributed by atoms with Crippen LogP contribution in [0.5, 0.6) is 0 Å². The lowest BCUT2D eigenvalue weighted by atomic mass is 10.1. The fraction of sp³-hybridized carbons (Fsp3) is 0.500. The maximum atomic E-state index is 9.64. The Hall–Kier alpha value is -1.85. The summed E-state index contributed by atoms with van der Waals surface area (Å²) in [4.78, 5) is 2.42. The van der Waals surface area contributed by atoms with Gasteiger partial charge in [0.2, 0.25) is 0 Å². The van der Waals surface area contributed by atoms with Gasteiger partial charge in [0.25, 0.3) is 0 Å². The summed E-state index contributed by atoms with van der Waals surface area (Å²) in [5.74, 6) is 0. The number of benzene rings is 1. The number of likely N-dealkylation sites (tertiary alicyclic amines) is 1. The van der Waals surface area contributed by atoms with Gasteiger partial charge in [0.05, 0.1) is 11.8 Å². The number of hydrogen-bond donors (Lipinski definition) is 2. The molecule has 1 aromatic heterocycles. The minimum absolute atomic E-state index is 0.117. The van der Waals surface area contributed by atoms with Crippen LogP contribution in [0.2, 0.25) is 0 Å². The molecule has 0 bridgehead atoms. The molecule has 5 heteroatoms. The van der Waals surface area contributed by atoms with E-state index in [1.54, 1.807) is 0 Å². The van der Waals surface area contributed by atoms with Crippen LogP contribution in [0, 0.1) is 6.92 Å². The van der Waals surface area contributed by atoms with Crippen LogP contribution >= 0.6 is 0 Å². The lowest BCUT2D eigenvalue weighted by Gasteiger charge is -2.30. The Morgan fingerprint density at radius 3 is 2.65 bits per heavy atom. The van der Waals surface area contributed by atoms with E-state index >= 15 is 0 Å². The van der Waals surface area contributed by atoms with Crippen LogP contribution in [-0.4, -0.2) is 39.0 Å². The van der Waals surface area contributed by atoms with Crippen molar-refractivity contribution in [1.82, 2.24) is 14.7 Å². The number of aryl methyl sites for hydroxylation is 2. The predicted molar refractivity (Wildman–Crippen MR) is 92.2 cm³/mol. The van der Waals surface area contributed by atoms with Crippen molar-refractivity contribution in [3.05, 3.63) is 47.3 Å². The number of nitrogens with zero attached hydrogens (tertiary/aromatic N) is 3. The van der Waals surface area contributed by atoms with Crippen molar-refractivity contribution in [1.29, 1.82) is 0 Å². The van der Waals surface area contributed by atoms with Gasteiger partial charge in [-0.15, -0.1) is 0 Å². The number of aliphatic hydroxyl groups is 1. The number of nitrogens with one attached hydrogen (secondary N) is 1. The summed E-state index contributed by atoms with van der Waals surface area (Å²) in [5, 5.41) is 17.6. The Bertz CT molecular complexity index is 644. The van der Waals surface area contributed by atoms with Gasteiger partial charge in [-0.05, 0) is 31.4 Å². The van der Waals surface area contributed by atoms with Crippen LogP contribution in [0.3, 0.4) is 0 Å². The van der Waals surface area contributed by atoms with Gasteiger partial charge < -0.3 is 10.4 Å². The average molecular weight is 314 g/mol. The largest absolute Gasteiger partial charge is 0.393 e. The first-order valence-corrected chi connectivity index (χ1v) is 8.33. The van der Waals surface area contributed by atoms with E-state index in [0.29, 0.717) is 0 Å². The Balaban J connectivity index is 1.64. The molecule has 1 fully saturated rings. The van der Waals surface area contributed by atoms with E-state index < -0.39 is 0 Å². The van der Waals surface area contributed by atoms with Crippen LogP contribution in [0.15, 0.2) is 30.5 Å². The molecule has 2 aromatic rings. The summed E-state index contributed by atoms with van der Waals surface area (Å²) in [7, 11) is 1.95. The van der Waals surface area contributed by atoms with Gasteiger partial charge in [-0.1, -0.05) is 18.2 Å². The zero-order chi connectivity index (χ0) is 16.2.